The summed E-state index contributed by atoms with van der Waals surface area (Å²) in [6.07, 6.45) is 12.5. The molecule has 8 heteroatoms. The van der Waals surface area contributed by atoms with Crippen molar-refractivity contribution in [2.75, 3.05) is 27.3 Å². The summed E-state index contributed by atoms with van der Waals surface area (Å²) in [6.45, 7) is 10.00. The molecule has 1 N–H and O–H groups in total. The number of sulfonamides is 1. The molecule has 0 atom stereocenters. The fourth-order valence-corrected chi connectivity index (χ4v) is 6.21. The van der Waals surface area contributed by atoms with Gasteiger partial charge >= 0.3 is 5.97 Å². The third-order valence-electron chi connectivity index (χ3n) is 7.00. The maximum absolute atomic E-state index is 13.6. The number of allylic oxidation sites excluding steroid dienone is 2. The predicted octanol–water partition coefficient (Wildman–Crippen LogP) is 6.24. The van der Waals surface area contributed by atoms with Gasteiger partial charge in [-0.2, -0.15) is 4.31 Å². The molecule has 0 aromatic heterocycles. The molecular formula is C30H43NO6S. The SMILES string of the molecule is C=CCCCCN(CCC1C(OC)=CC(CCCCC=C)(C(=O)O)C=C1OC)S(=O)(=O)c1ccc(C)cc1. The summed E-state index contributed by atoms with van der Waals surface area (Å²) in [5.74, 6) is -0.399. The van der Waals surface area contributed by atoms with Crippen LogP contribution in [-0.4, -0.2) is 51.1 Å². The molecule has 0 spiro atoms. The molecule has 2 rings (SSSR count). The van der Waals surface area contributed by atoms with Crippen molar-refractivity contribution >= 4 is 16.0 Å². The second kappa shape index (κ2) is 14.9. The molecule has 210 valence electrons. The number of methoxy groups -OCH3 is 2. The van der Waals surface area contributed by atoms with Crippen molar-refractivity contribution in [2.24, 2.45) is 11.3 Å². The molecule has 38 heavy (non-hydrogen) atoms. The van der Waals surface area contributed by atoms with E-state index >= 15 is 0 Å². The van der Waals surface area contributed by atoms with Gasteiger partial charge < -0.3 is 14.6 Å². The minimum absolute atomic E-state index is 0.232. The number of unbranched alkanes of at least 4 members (excludes halogenated alkanes) is 4. The van der Waals surface area contributed by atoms with Crippen LogP contribution in [0.1, 0.15) is 56.9 Å². The highest BCUT2D eigenvalue weighted by molar-refractivity contribution is 7.89. The van der Waals surface area contributed by atoms with Crippen molar-refractivity contribution < 1.29 is 27.8 Å². The Labute approximate surface area is 228 Å². The minimum atomic E-state index is -3.72. The molecule has 0 bridgehead atoms. The van der Waals surface area contributed by atoms with Crippen LogP contribution < -0.4 is 0 Å². The minimum Gasteiger partial charge on any atom is -0.501 e. The number of carbonyl (C=O) groups is 1. The molecule has 7 nitrogen and oxygen atoms in total. The van der Waals surface area contributed by atoms with Gasteiger partial charge in [0, 0.05) is 13.1 Å². The van der Waals surface area contributed by atoms with E-state index in [9.17, 15) is 18.3 Å². The Morgan fingerprint density at radius 1 is 0.974 bits per heavy atom. The van der Waals surface area contributed by atoms with Gasteiger partial charge in [-0.15, -0.1) is 13.2 Å². The quantitative estimate of drug-likeness (QED) is 0.173. The van der Waals surface area contributed by atoms with Gasteiger partial charge in [0.15, 0.2) is 0 Å². The van der Waals surface area contributed by atoms with E-state index in [0.717, 1.165) is 31.2 Å². The predicted molar refractivity (Wildman–Crippen MR) is 151 cm³/mol. The lowest BCUT2D eigenvalue weighted by atomic mass is 9.75. The van der Waals surface area contributed by atoms with Crippen LogP contribution >= 0.6 is 0 Å². The summed E-state index contributed by atoms with van der Waals surface area (Å²) in [6, 6.07) is 6.86. The molecule has 1 aromatic carbocycles. The lowest BCUT2D eigenvalue weighted by Crippen LogP contribution is -2.36. The van der Waals surface area contributed by atoms with E-state index < -0.39 is 27.3 Å². The second-order valence-electron chi connectivity index (χ2n) is 9.72. The van der Waals surface area contributed by atoms with Crippen LogP contribution in [0.4, 0.5) is 0 Å². The highest BCUT2D eigenvalue weighted by Crippen LogP contribution is 2.42. The zero-order valence-electron chi connectivity index (χ0n) is 23.0. The first-order valence-electron chi connectivity index (χ1n) is 13.2. The molecule has 1 aromatic rings. The Balaban J connectivity index is 2.32. The van der Waals surface area contributed by atoms with E-state index in [1.807, 2.05) is 19.1 Å². The van der Waals surface area contributed by atoms with Crippen LogP contribution in [0.15, 0.2) is 78.1 Å². The summed E-state index contributed by atoms with van der Waals surface area (Å²) >= 11 is 0. The van der Waals surface area contributed by atoms with Crippen LogP contribution in [0.3, 0.4) is 0 Å². The van der Waals surface area contributed by atoms with E-state index in [0.29, 0.717) is 43.7 Å². The van der Waals surface area contributed by atoms with E-state index in [2.05, 4.69) is 13.2 Å². The average Bonchev–Trinajstić information content (AvgIpc) is 2.90. The summed E-state index contributed by atoms with van der Waals surface area (Å²) in [4.78, 5) is 12.7. The highest BCUT2D eigenvalue weighted by atomic mass is 32.2. The number of aliphatic carboxylic acids is 1. The number of carboxylic acid groups (broad SMARTS) is 1. The topological polar surface area (TPSA) is 93.1 Å². The Morgan fingerprint density at radius 3 is 2.03 bits per heavy atom. The number of nitrogens with zero attached hydrogens (tertiary/aromatic N) is 1. The van der Waals surface area contributed by atoms with Crippen molar-refractivity contribution in [1.29, 1.82) is 0 Å². The van der Waals surface area contributed by atoms with Gasteiger partial charge in [-0.25, -0.2) is 8.42 Å². The standard InChI is InChI=1S/C30H43NO6S/c1-6-8-10-12-19-30(29(32)33)22-27(36-4)26(28(23-30)37-5)18-21-31(20-13-11-9-7-2)38(34,35)25-16-14-24(3)15-17-25/h6-7,14-17,22-23,26H,1-2,8-13,18-21H2,3-5H3,(H,32,33). The lowest BCUT2D eigenvalue weighted by molar-refractivity contribution is -0.144. The number of benzene rings is 1. The molecule has 0 aliphatic heterocycles. The van der Waals surface area contributed by atoms with Crippen LogP contribution in [-0.2, 0) is 24.3 Å². The van der Waals surface area contributed by atoms with Gasteiger partial charge in [0.1, 0.15) is 16.9 Å². The zero-order chi connectivity index (χ0) is 28.2. The molecule has 0 saturated carbocycles. The molecular weight excluding hydrogens is 502 g/mol. The van der Waals surface area contributed by atoms with Crippen molar-refractivity contribution in [3.63, 3.8) is 0 Å². The zero-order valence-corrected chi connectivity index (χ0v) is 23.8. The van der Waals surface area contributed by atoms with Gasteiger partial charge in [0.2, 0.25) is 10.0 Å². The number of ether oxygens (including phenoxy) is 2. The first kappa shape index (κ1) is 31.4. The molecule has 1 aliphatic rings. The third-order valence-corrected chi connectivity index (χ3v) is 8.91. The van der Waals surface area contributed by atoms with Gasteiger partial charge in [-0.05, 0) is 76.2 Å². The second-order valence-corrected chi connectivity index (χ2v) is 11.7. The largest absolute Gasteiger partial charge is 0.501 e. The molecule has 0 saturated heterocycles. The van der Waals surface area contributed by atoms with Crippen molar-refractivity contribution in [3.8, 4) is 0 Å². The first-order valence-corrected chi connectivity index (χ1v) is 14.6. The van der Waals surface area contributed by atoms with Crippen molar-refractivity contribution in [3.05, 3.63) is 78.8 Å². The molecule has 0 heterocycles. The van der Waals surface area contributed by atoms with E-state index in [-0.39, 0.29) is 11.4 Å². The number of hydrogen-bond acceptors (Lipinski definition) is 5. The summed E-state index contributed by atoms with van der Waals surface area (Å²) in [7, 11) is -0.700. The Hall–Kier alpha value is -2.84. The van der Waals surface area contributed by atoms with Crippen molar-refractivity contribution in [2.45, 2.75) is 63.2 Å². The monoisotopic (exact) mass is 545 g/mol. The summed E-state index contributed by atoms with van der Waals surface area (Å²) < 4.78 is 40.0. The maximum Gasteiger partial charge on any atom is 0.317 e. The smallest absolute Gasteiger partial charge is 0.317 e. The number of hydrogen-bond donors (Lipinski definition) is 1. The summed E-state index contributed by atoms with van der Waals surface area (Å²) in [5.41, 5.74) is -0.257. The van der Waals surface area contributed by atoms with E-state index in [1.165, 1.54) is 18.5 Å². The maximum atomic E-state index is 13.6. The van der Waals surface area contributed by atoms with Gasteiger partial charge in [0.05, 0.1) is 25.0 Å². The fourth-order valence-electron chi connectivity index (χ4n) is 4.72. The highest BCUT2D eigenvalue weighted by Gasteiger charge is 2.42. The molecule has 0 fully saturated rings. The van der Waals surface area contributed by atoms with Gasteiger partial charge in [0.25, 0.3) is 0 Å². The molecule has 0 amide bonds. The molecule has 0 unspecified atom stereocenters. The lowest BCUT2D eigenvalue weighted by Gasteiger charge is -2.34. The van der Waals surface area contributed by atoms with E-state index in [4.69, 9.17) is 9.47 Å². The van der Waals surface area contributed by atoms with Crippen molar-refractivity contribution in [1.82, 2.24) is 4.31 Å². The van der Waals surface area contributed by atoms with Crippen LogP contribution in [0.2, 0.25) is 0 Å². The van der Waals surface area contributed by atoms with Crippen LogP contribution in [0.5, 0.6) is 0 Å². The number of aryl methyl sites for hydroxylation is 1. The number of rotatable bonds is 18. The molecule has 0 radical (unpaired) electrons. The first-order chi connectivity index (χ1) is 18.1. The Bertz CT molecular complexity index is 1080. The fraction of sp³-hybridized carbons (Fsp3) is 0.500. The Morgan fingerprint density at radius 2 is 1.53 bits per heavy atom. The van der Waals surface area contributed by atoms with E-state index in [1.54, 1.807) is 36.4 Å². The average molecular weight is 546 g/mol. The van der Waals surface area contributed by atoms with Crippen LogP contribution in [0.25, 0.3) is 0 Å². The third kappa shape index (κ3) is 8.08. The number of carboxylic acids is 1. The van der Waals surface area contributed by atoms with Gasteiger partial charge in [-0.1, -0.05) is 36.3 Å². The summed E-state index contributed by atoms with van der Waals surface area (Å²) in [5, 5.41) is 10.2. The molecule has 1 aliphatic carbocycles. The normalized spacial score (nSPS) is 19.4. The Kier molecular flexibility index (Phi) is 12.3. The van der Waals surface area contributed by atoms with Gasteiger partial charge in [-0.3, -0.25) is 4.79 Å². The van der Waals surface area contributed by atoms with Crippen LogP contribution in [0, 0.1) is 18.3 Å².